The number of esters is 1. The Hall–Kier alpha value is -4.05. The molecule has 0 radical (unpaired) electrons. The van der Waals surface area contributed by atoms with Gasteiger partial charge in [-0.2, -0.15) is 0 Å². The number of nitrogens with zero attached hydrogens (tertiary/aromatic N) is 2. The average Bonchev–Trinajstić information content (AvgIpc) is 3.31. The Morgan fingerprint density at radius 3 is 2.32 bits per heavy atom. The number of ether oxygens (including phenoxy) is 1. The van der Waals surface area contributed by atoms with Crippen molar-refractivity contribution in [2.24, 2.45) is 0 Å². The van der Waals surface area contributed by atoms with Crippen LogP contribution in [0.15, 0.2) is 64.3 Å². The van der Waals surface area contributed by atoms with Gasteiger partial charge in [0.2, 0.25) is 0 Å². The maximum atomic E-state index is 13.1. The molecule has 2 aromatic carbocycles. The third-order valence-corrected chi connectivity index (χ3v) is 6.51. The van der Waals surface area contributed by atoms with Crippen molar-refractivity contribution < 1.29 is 18.7 Å². The van der Waals surface area contributed by atoms with Gasteiger partial charge in [-0.3, -0.25) is 18.6 Å². The molecule has 0 spiro atoms. The first-order valence-corrected chi connectivity index (χ1v) is 11.1. The van der Waals surface area contributed by atoms with Crippen molar-refractivity contribution in [1.82, 2.24) is 14.3 Å². The number of thiazole rings is 1. The highest BCUT2D eigenvalue weighted by molar-refractivity contribution is 7.19. The number of methoxy groups -OCH3 is 1. The molecule has 0 aliphatic rings. The van der Waals surface area contributed by atoms with E-state index in [1.807, 2.05) is 0 Å². The second-order valence-electron chi connectivity index (χ2n) is 7.57. The Morgan fingerprint density at radius 1 is 1.03 bits per heavy atom. The zero-order valence-corrected chi connectivity index (χ0v) is 19.1. The van der Waals surface area contributed by atoms with Crippen LogP contribution in [0.5, 0.6) is 0 Å². The lowest BCUT2D eigenvalue weighted by Gasteiger charge is -2.08. The predicted octanol–water partition coefficient (Wildman–Crippen LogP) is 2.74. The van der Waals surface area contributed by atoms with Crippen molar-refractivity contribution in [1.29, 1.82) is 0 Å². The van der Waals surface area contributed by atoms with Crippen molar-refractivity contribution >= 4 is 28.0 Å². The van der Waals surface area contributed by atoms with Gasteiger partial charge in [-0.25, -0.2) is 14.0 Å². The van der Waals surface area contributed by atoms with Gasteiger partial charge in [-0.1, -0.05) is 24.3 Å². The SMILES string of the molecule is COC(=O)c1ccc(Cn2c(=O)c(C)c3sc(C(=O)NCc4ccc(F)cc4)cn3c2=O)cc1. The van der Waals surface area contributed by atoms with E-state index < -0.39 is 23.1 Å². The van der Waals surface area contributed by atoms with Gasteiger partial charge in [-0.05, 0) is 42.3 Å². The third-order valence-electron chi connectivity index (χ3n) is 5.30. The van der Waals surface area contributed by atoms with Crippen LogP contribution in [-0.4, -0.2) is 28.0 Å². The Bertz CT molecular complexity index is 1500. The zero-order valence-electron chi connectivity index (χ0n) is 18.3. The molecule has 1 amide bonds. The number of halogens is 1. The van der Waals surface area contributed by atoms with E-state index in [1.165, 1.54) is 29.8 Å². The monoisotopic (exact) mass is 481 g/mol. The second-order valence-corrected chi connectivity index (χ2v) is 8.60. The van der Waals surface area contributed by atoms with Crippen LogP contribution in [0.2, 0.25) is 0 Å². The lowest BCUT2D eigenvalue weighted by atomic mass is 10.1. The highest BCUT2D eigenvalue weighted by Crippen LogP contribution is 2.18. The van der Waals surface area contributed by atoms with Gasteiger partial charge in [0.25, 0.3) is 11.5 Å². The molecule has 0 aliphatic carbocycles. The van der Waals surface area contributed by atoms with Crippen LogP contribution >= 0.6 is 11.3 Å². The van der Waals surface area contributed by atoms with Gasteiger partial charge in [0.05, 0.1) is 19.2 Å². The zero-order chi connectivity index (χ0) is 24.4. The number of hydrogen-bond donors (Lipinski definition) is 1. The number of aryl methyl sites for hydroxylation is 1. The van der Waals surface area contributed by atoms with Crippen LogP contribution in [0.1, 0.15) is 36.7 Å². The van der Waals surface area contributed by atoms with Crippen molar-refractivity contribution in [2.75, 3.05) is 7.11 Å². The normalized spacial score (nSPS) is 10.9. The number of benzene rings is 2. The van der Waals surface area contributed by atoms with Crippen molar-refractivity contribution in [3.05, 3.63) is 109 Å². The number of hydrogen-bond acceptors (Lipinski definition) is 6. The van der Waals surface area contributed by atoms with Gasteiger partial charge >= 0.3 is 11.7 Å². The number of nitrogens with one attached hydrogen (secondary N) is 1. The molecule has 0 atom stereocenters. The summed E-state index contributed by atoms with van der Waals surface area (Å²) >= 11 is 1.05. The molecule has 4 aromatic rings. The summed E-state index contributed by atoms with van der Waals surface area (Å²) in [6, 6.07) is 12.2. The lowest BCUT2D eigenvalue weighted by Crippen LogP contribution is -2.38. The van der Waals surface area contributed by atoms with Gasteiger partial charge < -0.3 is 10.1 Å². The van der Waals surface area contributed by atoms with E-state index in [1.54, 1.807) is 43.3 Å². The van der Waals surface area contributed by atoms with Crippen LogP contribution in [0.4, 0.5) is 4.39 Å². The van der Waals surface area contributed by atoms with E-state index in [0.717, 1.165) is 21.5 Å². The molecule has 8 nitrogen and oxygen atoms in total. The van der Waals surface area contributed by atoms with Gasteiger partial charge in [-0.15, -0.1) is 11.3 Å². The molecule has 2 aromatic heterocycles. The van der Waals surface area contributed by atoms with E-state index >= 15 is 0 Å². The summed E-state index contributed by atoms with van der Waals surface area (Å²) < 4.78 is 20.1. The second kappa shape index (κ2) is 9.44. The number of amides is 1. The maximum Gasteiger partial charge on any atom is 0.337 e. The van der Waals surface area contributed by atoms with Gasteiger partial charge in [0.1, 0.15) is 15.5 Å². The first-order chi connectivity index (χ1) is 16.3. The molecule has 10 heteroatoms. The van der Waals surface area contributed by atoms with Crippen LogP contribution in [-0.2, 0) is 17.8 Å². The molecule has 174 valence electrons. The first-order valence-electron chi connectivity index (χ1n) is 10.2. The summed E-state index contributed by atoms with van der Waals surface area (Å²) in [5.41, 5.74) is 1.05. The van der Waals surface area contributed by atoms with Crippen LogP contribution in [0, 0.1) is 12.7 Å². The van der Waals surface area contributed by atoms with E-state index in [2.05, 4.69) is 10.1 Å². The Balaban J connectivity index is 1.61. The quantitative estimate of drug-likeness (QED) is 0.427. The highest BCUT2D eigenvalue weighted by Gasteiger charge is 2.18. The maximum absolute atomic E-state index is 13.1. The number of aromatic nitrogens is 2. The fraction of sp³-hybridized carbons (Fsp3) is 0.167. The van der Waals surface area contributed by atoms with E-state index in [9.17, 15) is 23.6 Å². The molecule has 34 heavy (non-hydrogen) atoms. The summed E-state index contributed by atoms with van der Waals surface area (Å²) in [5.74, 6) is -1.26. The predicted molar refractivity (Wildman–Crippen MR) is 125 cm³/mol. The molecule has 4 rings (SSSR count). The van der Waals surface area contributed by atoms with Crippen molar-refractivity contribution in [2.45, 2.75) is 20.0 Å². The topological polar surface area (TPSA) is 98.9 Å². The summed E-state index contributed by atoms with van der Waals surface area (Å²) in [5, 5.41) is 2.73. The molecule has 0 bridgehead atoms. The fourth-order valence-electron chi connectivity index (χ4n) is 3.43. The first kappa shape index (κ1) is 23.1. The summed E-state index contributed by atoms with van der Waals surface area (Å²) in [4.78, 5) is 50.9. The molecule has 0 fully saturated rings. The van der Waals surface area contributed by atoms with Gasteiger partial charge in [0.15, 0.2) is 0 Å². The average molecular weight is 482 g/mol. The van der Waals surface area contributed by atoms with Crippen LogP contribution < -0.4 is 16.6 Å². The minimum atomic E-state index is -0.573. The highest BCUT2D eigenvalue weighted by atomic mass is 32.1. The molecule has 1 N–H and O–H groups in total. The molecule has 0 aliphatic heterocycles. The minimum Gasteiger partial charge on any atom is -0.465 e. The van der Waals surface area contributed by atoms with E-state index in [0.29, 0.717) is 21.5 Å². The lowest BCUT2D eigenvalue weighted by molar-refractivity contribution is 0.0600. The van der Waals surface area contributed by atoms with E-state index in [4.69, 9.17) is 0 Å². The molecular weight excluding hydrogens is 461 g/mol. The molecule has 2 heterocycles. The summed E-state index contributed by atoms with van der Waals surface area (Å²) in [6.07, 6.45) is 1.41. The minimum absolute atomic E-state index is 0.00480. The number of carbonyl (C=O) groups excluding carboxylic acids is 2. The van der Waals surface area contributed by atoms with Crippen molar-refractivity contribution in [3.63, 3.8) is 0 Å². The van der Waals surface area contributed by atoms with Gasteiger partial charge in [0, 0.05) is 18.3 Å². The van der Waals surface area contributed by atoms with Crippen LogP contribution in [0.3, 0.4) is 0 Å². The Kier molecular flexibility index (Phi) is 6.42. The van der Waals surface area contributed by atoms with E-state index in [-0.39, 0.29) is 23.8 Å². The fourth-order valence-corrected chi connectivity index (χ4v) is 4.43. The smallest absolute Gasteiger partial charge is 0.337 e. The number of rotatable bonds is 6. The Labute approximate surface area is 196 Å². The largest absolute Gasteiger partial charge is 0.465 e. The summed E-state index contributed by atoms with van der Waals surface area (Å²) in [6.45, 7) is 1.80. The number of carbonyl (C=O) groups is 2. The third kappa shape index (κ3) is 4.53. The molecule has 0 unspecified atom stereocenters. The standard InChI is InChI=1S/C24H20FN3O5S/c1-14-21(30)27(12-16-3-7-17(8-4-16)23(31)33-2)24(32)28-13-19(34-22(14)28)20(29)26-11-15-5-9-18(25)10-6-15/h3-10,13H,11-12H2,1-2H3,(H,26,29). The molecule has 0 saturated carbocycles. The molecular formula is C24H20FN3O5S. The number of fused-ring (bicyclic) bond motifs is 1. The summed E-state index contributed by atoms with van der Waals surface area (Å²) in [7, 11) is 1.28. The molecule has 0 saturated heterocycles. The van der Waals surface area contributed by atoms with Crippen molar-refractivity contribution in [3.8, 4) is 0 Å². The van der Waals surface area contributed by atoms with Crippen LogP contribution in [0.25, 0.3) is 4.83 Å². The Morgan fingerprint density at radius 2 is 1.68 bits per heavy atom.